The zero-order valence-electron chi connectivity index (χ0n) is 17.0. The maximum Gasteiger partial charge on any atom is 0.267 e. The Morgan fingerprint density at radius 3 is 2.32 bits per heavy atom. The minimum Gasteiger partial charge on any atom is -0.478 e. The summed E-state index contributed by atoms with van der Waals surface area (Å²) < 4.78 is 5.88. The molecule has 2 aromatic carbocycles. The van der Waals surface area contributed by atoms with Gasteiger partial charge in [-0.2, -0.15) is 0 Å². The number of hydrogen-bond acceptors (Lipinski definition) is 4. The van der Waals surface area contributed by atoms with Crippen LogP contribution in [0.25, 0.3) is 0 Å². The Bertz CT molecular complexity index is 828. The number of benzene rings is 2. The number of anilines is 2. The number of hydrogen-bond donors (Lipinski definition) is 1. The number of carbonyl (C=O) groups is 1. The first-order chi connectivity index (χ1) is 13.2. The van der Waals surface area contributed by atoms with Crippen LogP contribution in [-0.2, 0) is 4.79 Å². The van der Waals surface area contributed by atoms with Gasteiger partial charge in [0.15, 0.2) is 5.60 Å². The number of rotatable bonds is 5. The van der Waals surface area contributed by atoms with Gasteiger partial charge in [-0.3, -0.25) is 4.79 Å². The van der Waals surface area contributed by atoms with E-state index in [4.69, 9.17) is 16.3 Å². The molecule has 0 spiro atoms. The van der Waals surface area contributed by atoms with Gasteiger partial charge in [0.1, 0.15) is 5.75 Å². The summed E-state index contributed by atoms with van der Waals surface area (Å²) in [5, 5.41) is 3.63. The topological polar surface area (TPSA) is 44.8 Å². The Morgan fingerprint density at radius 1 is 1.07 bits per heavy atom. The molecule has 1 amide bonds. The largest absolute Gasteiger partial charge is 0.478 e. The third-order valence-corrected chi connectivity index (χ3v) is 5.31. The zero-order chi connectivity index (χ0) is 20.3. The smallest absolute Gasteiger partial charge is 0.267 e. The quantitative estimate of drug-likeness (QED) is 0.815. The van der Waals surface area contributed by atoms with Crippen LogP contribution in [-0.4, -0.2) is 49.6 Å². The molecule has 150 valence electrons. The van der Waals surface area contributed by atoms with Crippen molar-refractivity contribution in [2.75, 3.05) is 43.4 Å². The average Bonchev–Trinajstić information content (AvgIpc) is 2.65. The van der Waals surface area contributed by atoms with Crippen molar-refractivity contribution in [3.8, 4) is 5.75 Å². The van der Waals surface area contributed by atoms with Gasteiger partial charge >= 0.3 is 0 Å². The molecule has 1 fully saturated rings. The minimum absolute atomic E-state index is 0.196. The summed E-state index contributed by atoms with van der Waals surface area (Å²) in [5.41, 5.74) is 2.01. The van der Waals surface area contributed by atoms with Gasteiger partial charge in [-0.1, -0.05) is 11.6 Å². The number of amides is 1. The summed E-state index contributed by atoms with van der Waals surface area (Å²) in [5.74, 6) is 0.407. The van der Waals surface area contributed by atoms with Gasteiger partial charge in [0.05, 0.1) is 0 Å². The van der Waals surface area contributed by atoms with E-state index in [1.54, 1.807) is 38.1 Å². The van der Waals surface area contributed by atoms with Crippen LogP contribution in [0.5, 0.6) is 5.75 Å². The lowest BCUT2D eigenvalue weighted by molar-refractivity contribution is -0.128. The number of nitrogens with one attached hydrogen (secondary N) is 1. The van der Waals surface area contributed by atoms with Crippen LogP contribution in [0.2, 0.25) is 5.02 Å². The van der Waals surface area contributed by atoms with E-state index in [1.165, 1.54) is 5.69 Å². The van der Waals surface area contributed by atoms with Crippen molar-refractivity contribution in [3.05, 3.63) is 53.1 Å². The molecule has 28 heavy (non-hydrogen) atoms. The Hall–Kier alpha value is -2.24. The third kappa shape index (κ3) is 4.97. The molecule has 0 aliphatic carbocycles. The molecule has 0 bridgehead atoms. The van der Waals surface area contributed by atoms with Crippen molar-refractivity contribution in [1.82, 2.24) is 4.90 Å². The molecule has 1 saturated heterocycles. The Kier molecular flexibility index (Phi) is 6.16. The van der Waals surface area contributed by atoms with Crippen LogP contribution in [0.15, 0.2) is 42.5 Å². The molecule has 0 saturated carbocycles. The number of piperazine rings is 1. The van der Waals surface area contributed by atoms with Crippen LogP contribution < -0.4 is 15.0 Å². The van der Waals surface area contributed by atoms with Crippen molar-refractivity contribution >= 4 is 28.9 Å². The average molecular weight is 402 g/mol. The van der Waals surface area contributed by atoms with E-state index < -0.39 is 5.60 Å². The van der Waals surface area contributed by atoms with E-state index in [0.29, 0.717) is 10.8 Å². The summed E-state index contributed by atoms with van der Waals surface area (Å²) in [7, 11) is 2.15. The first kappa shape index (κ1) is 20.5. The van der Waals surface area contributed by atoms with Gasteiger partial charge in [-0.05, 0) is 75.8 Å². The third-order valence-electron chi connectivity index (χ3n) is 5.06. The SMILES string of the molecule is Cc1cc(N2CCN(C)CC2)ccc1NC(=O)C(C)(C)Oc1ccc(Cl)cc1. The van der Waals surface area contributed by atoms with Gasteiger partial charge < -0.3 is 19.9 Å². The molecular formula is C22H28ClN3O2. The zero-order valence-corrected chi connectivity index (χ0v) is 17.7. The number of likely N-dealkylation sites (N-methyl/N-ethyl adjacent to an activating group) is 1. The predicted octanol–water partition coefficient (Wildman–Crippen LogP) is 4.20. The number of nitrogens with zero attached hydrogens (tertiary/aromatic N) is 2. The molecule has 0 unspecified atom stereocenters. The number of halogens is 1. The molecule has 2 aromatic rings. The van der Waals surface area contributed by atoms with Crippen LogP contribution in [0.1, 0.15) is 19.4 Å². The molecule has 3 rings (SSSR count). The fourth-order valence-corrected chi connectivity index (χ4v) is 3.29. The second-order valence-corrected chi connectivity index (χ2v) is 8.25. The highest BCUT2D eigenvalue weighted by atomic mass is 35.5. The Balaban J connectivity index is 1.66. The van der Waals surface area contributed by atoms with E-state index in [2.05, 4.69) is 34.3 Å². The number of carbonyl (C=O) groups excluding carboxylic acids is 1. The molecular weight excluding hydrogens is 374 g/mol. The van der Waals surface area contributed by atoms with Gasteiger partial charge in [0.25, 0.3) is 5.91 Å². The molecule has 1 aliphatic heterocycles. The standard InChI is InChI=1S/C22H28ClN3O2/c1-16-15-18(26-13-11-25(4)12-14-26)7-10-20(16)24-21(27)22(2,3)28-19-8-5-17(23)6-9-19/h5-10,15H,11-14H2,1-4H3,(H,24,27). The van der Waals surface area contributed by atoms with Gasteiger partial charge in [-0.25, -0.2) is 0 Å². The van der Waals surface area contributed by atoms with Crippen LogP contribution >= 0.6 is 11.6 Å². The van der Waals surface area contributed by atoms with Crippen LogP contribution in [0.3, 0.4) is 0 Å². The molecule has 1 N–H and O–H groups in total. The second kappa shape index (κ2) is 8.41. The lowest BCUT2D eigenvalue weighted by Crippen LogP contribution is -2.44. The Labute approximate surface area is 172 Å². The van der Waals surface area contributed by atoms with Gasteiger partial charge in [-0.15, -0.1) is 0 Å². The number of aryl methyl sites for hydroxylation is 1. The van der Waals surface area contributed by atoms with E-state index in [9.17, 15) is 4.79 Å². The first-order valence-corrected chi connectivity index (χ1v) is 9.92. The van der Waals surface area contributed by atoms with Crippen LogP contribution in [0, 0.1) is 6.92 Å². The predicted molar refractivity (Wildman–Crippen MR) is 116 cm³/mol. The summed E-state index contributed by atoms with van der Waals surface area (Å²) in [4.78, 5) is 17.5. The summed E-state index contributed by atoms with van der Waals surface area (Å²) in [6, 6.07) is 13.2. The van der Waals surface area contributed by atoms with E-state index in [0.717, 1.165) is 37.4 Å². The lowest BCUT2D eigenvalue weighted by Gasteiger charge is -2.34. The summed E-state index contributed by atoms with van der Waals surface area (Å²) in [6.45, 7) is 9.69. The molecule has 6 heteroatoms. The lowest BCUT2D eigenvalue weighted by atomic mass is 10.1. The molecule has 0 aromatic heterocycles. The highest BCUT2D eigenvalue weighted by Crippen LogP contribution is 2.26. The second-order valence-electron chi connectivity index (χ2n) is 7.81. The fourth-order valence-electron chi connectivity index (χ4n) is 3.17. The van der Waals surface area contributed by atoms with E-state index in [1.807, 2.05) is 13.0 Å². The fraction of sp³-hybridized carbons (Fsp3) is 0.409. The van der Waals surface area contributed by atoms with Crippen molar-refractivity contribution in [2.24, 2.45) is 0 Å². The molecule has 5 nitrogen and oxygen atoms in total. The van der Waals surface area contributed by atoms with E-state index in [-0.39, 0.29) is 5.91 Å². The van der Waals surface area contributed by atoms with Gasteiger partial charge in [0, 0.05) is 42.6 Å². The Morgan fingerprint density at radius 2 is 1.71 bits per heavy atom. The minimum atomic E-state index is -1.02. The highest BCUT2D eigenvalue weighted by molar-refractivity contribution is 6.30. The van der Waals surface area contributed by atoms with Gasteiger partial charge in [0.2, 0.25) is 0 Å². The van der Waals surface area contributed by atoms with E-state index >= 15 is 0 Å². The van der Waals surface area contributed by atoms with Crippen LogP contribution in [0.4, 0.5) is 11.4 Å². The van der Waals surface area contributed by atoms with Crippen molar-refractivity contribution in [2.45, 2.75) is 26.4 Å². The number of ether oxygens (including phenoxy) is 1. The normalized spacial score (nSPS) is 15.4. The summed E-state index contributed by atoms with van der Waals surface area (Å²) in [6.07, 6.45) is 0. The maximum atomic E-state index is 12.8. The monoisotopic (exact) mass is 401 g/mol. The molecule has 0 radical (unpaired) electrons. The van der Waals surface area contributed by atoms with Crippen molar-refractivity contribution in [1.29, 1.82) is 0 Å². The van der Waals surface area contributed by atoms with Crippen molar-refractivity contribution < 1.29 is 9.53 Å². The van der Waals surface area contributed by atoms with Crippen molar-refractivity contribution in [3.63, 3.8) is 0 Å². The summed E-state index contributed by atoms with van der Waals surface area (Å²) >= 11 is 5.91. The molecule has 1 heterocycles. The maximum absolute atomic E-state index is 12.8. The highest BCUT2D eigenvalue weighted by Gasteiger charge is 2.30. The first-order valence-electron chi connectivity index (χ1n) is 9.55. The molecule has 1 aliphatic rings. The molecule has 0 atom stereocenters.